The summed E-state index contributed by atoms with van der Waals surface area (Å²) in [5.74, 6) is -0.358. The normalized spacial score (nSPS) is 13.9. The minimum absolute atomic E-state index is 0.0718. The molecule has 0 saturated heterocycles. The molecule has 0 heterocycles. The lowest BCUT2D eigenvalue weighted by molar-refractivity contribution is -0.0607. The van der Waals surface area contributed by atoms with E-state index in [2.05, 4.69) is 18.9 Å². The average molecular weight is 665 g/mol. The first-order chi connectivity index (χ1) is 20.0. The highest BCUT2D eigenvalue weighted by molar-refractivity contribution is 8.20. The molecule has 0 aliphatic carbocycles. The van der Waals surface area contributed by atoms with Gasteiger partial charge in [-0.2, -0.15) is 34.8 Å². The van der Waals surface area contributed by atoms with Crippen LogP contribution in [0.3, 0.4) is 0 Å². The van der Waals surface area contributed by atoms with E-state index in [4.69, 9.17) is 9.47 Å². The van der Waals surface area contributed by atoms with Crippen LogP contribution >= 0.6 is 10.9 Å². The van der Waals surface area contributed by atoms with Crippen molar-refractivity contribution in [3.8, 4) is 11.5 Å². The zero-order valence-electron chi connectivity index (χ0n) is 22.9. The Bertz CT molecular complexity index is 1330. The first kappa shape index (κ1) is 36.0. The number of halogens is 6. The fourth-order valence-electron chi connectivity index (χ4n) is 3.17. The minimum Gasteiger partial charge on any atom is -0.493 e. The second kappa shape index (κ2) is 15.5. The molecule has 18 heteroatoms. The van der Waals surface area contributed by atoms with Gasteiger partial charge in [0.25, 0.3) is 0 Å². The molecular weight excluding hydrogens is 634 g/mol. The summed E-state index contributed by atoms with van der Waals surface area (Å²) in [6.45, 7) is 3.25. The van der Waals surface area contributed by atoms with Gasteiger partial charge in [-0.05, 0) is 61.4 Å². The Balaban J connectivity index is 1.92. The van der Waals surface area contributed by atoms with Gasteiger partial charge in [0.2, 0.25) is 0 Å². The first-order valence-electron chi connectivity index (χ1n) is 12.6. The number of ether oxygens (including phenoxy) is 2. The van der Waals surface area contributed by atoms with E-state index in [-0.39, 0.29) is 43.3 Å². The zero-order valence-corrected chi connectivity index (χ0v) is 24.5. The Hall–Kier alpha value is -3.22. The van der Waals surface area contributed by atoms with Crippen LogP contribution in [0.15, 0.2) is 58.8 Å². The highest BCUT2D eigenvalue weighted by Gasteiger charge is 2.39. The number of hydrogen-bond donors (Lipinski definition) is 2. The molecule has 0 atom stereocenters. The molecule has 242 valence electrons. The lowest BCUT2D eigenvalue weighted by Crippen LogP contribution is -2.25. The van der Waals surface area contributed by atoms with E-state index in [1.165, 1.54) is 31.2 Å². The molecule has 0 radical (unpaired) electrons. The molecule has 10 nitrogen and oxygen atoms in total. The zero-order chi connectivity index (χ0) is 32.3. The summed E-state index contributed by atoms with van der Waals surface area (Å²) in [6.07, 6.45) is -9.25. The van der Waals surface area contributed by atoms with Crippen molar-refractivity contribution in [2.24, 2.45) is 10.3 Å². The Morgan fingerprint density at radius 3 is 1.47 bits per heavy atom. The van der Waals surface area contributed by atoms with Crippen molar-refractivity contribution >= 4 is 32.4 Å². The predicted octanol–water partition coefficient (Wildman–Crippen LogP) is 6.92. The van der Waals surface area contributed by atoms with Crippen LogP contribution in [0.2, 0.25) is 0 Å². The van der Waals surface area contributed by atoms with Gasteiger partial charge in [-0.3, -0.25) is 17.7 Å². The van der Waals surface area contributed by atoms with Gasteiger partial charge in [-0.25, -0.2) is 0 Å². The van der Waals surface area contributed by atoms with Gasteiger partial charge >= 0.3 is 22.5 Å². The summed E-state index contributed by atoms with van der Waals surface area (Å²) in [4.78, 5) is 0. The van der Waals surface area contributed by atoms with Gasteiger partial charge in [0.1, 0.15) is 11.5 Å². The quantitative estimate of drug-likeness (QED) is 0.0855. The monoisotopic (exact) mass is 664 g/mol. The fourth-order valence-corrected chi connectivity index (χ4v) is 4.74. The third-order valence-corrected chi connectivity index (χ3v) is 7.50. The van der Waals surface area contributed by atoms with Gasteiger partial charge in [-0.1, -0.05) is 24.2 Å². The molecule has 0 unspecified atom stereocenters. The number of alkyl halides is 6. The molecule has 0 saturated carbocycles. The summed E-state index contributed by atoms with van der Waals surface area (Å²) in [6, 6.07) is 9.14. The van der Waals surface area contributed by atoms with Crippen molar-refractivity contribution in [2.45, 2.75) is 45.5 Å². The topological polar surface area (TPSA) is 136 Å². The standard InChI is InChI=1S/C25H30F6N2O8S2/c1-3-16-42(34,35)40-32-22(24(26,27)28)18-6-10-20(11-7-18)38-14-5-15-39-21-12-8-19(9-13-21)23(25(29,30)31)33-41-43(36,37)17-4-2/h6-13,34-35H,3-5,14-17H2,1-2H3. The smallest absolute Gasteiger partial charge is 0.437 e. The number of hydrogen-bond acceptors (Lipinski definition) is 10. The van der Waals surface area contributed by atoms with Crippen LogP contribution in [-0.4, -0.2) is 66.0 Å². The molecular formula is C25H30F6N2O8S2. The van der Waals surface area contributed by atoms with E-state index in [1.54, 1.807) is 6.92 Å². The predicted molar refractivity (Wildman–Crippen MR) is 148 cm³/mol. The molecule has 0 bridgehead atoms. The third kappa shape index (κ3) is 12.5. The van der Waals surface area contributed by atoms with Crippen LogP contribution in [0, 0.1) is 0 Å². The van der Waals surface area contributed by atoms with Gasteiger partial charge in [0.05, 0.1) is 24.7 Å². The maximum Gasteiger partial charge on any atom is 0.437 e. The first-order valence-corrected chi connectivity index (χ1v) is 15.8. The highest BCUT2D eigenvalue weighted by Crippen LogP contribution is 2.41. The van der Waals surface area contributed by atoms with E-state index in [0.29, 0.717) is 6.42 Å². The Morgan fingerprint density at radius 2 is 1.09 bits per heavy atom. The highest BCUT2D eigenvalue weighted by atomic mass is 32.3. The van der Waals surface area contributed by atoms with Crippen LogP contribution in [0.25, 0.3) is 0 Å². The number of oxime groups is 2. The molecule has 2 rings (SSSR count). The second-order valence-corrected chi connectivity index (χ2v) is 12.1. The van der Waals surface area contributed by atoms with Crippen LogP contribution in [0.5, 0.6) is 11.5 Å². The van der Waals surface area contributed by atoms with E-state index < -0.39 is 61.6 Å². The SMILES string of the molecule is CCCS(O)(O)ON=C(c1ccc(OCCCOc2ccc(C(=NOS(=O)(=O)CCC)C(F)(F)F)cc2)cc1)C(F)(F)F. The second-order valence-electron chi connectivity index (χ2n) is 8.70. The van der Waals surface area contributed by atoms with Crippen molar-refractivity contribution in [2.75, 3.05) is 24.7 Å². The minimum atomic E-state index is -4.99. The molecule has 2 aromatic rings. The van der Waals surface area contributed by atoms with E-state index in [9.17, 15) is 43.9 Å². The van der Waals surface area contributed by atoms with Gasteiger partial charge in [0.15, 0.2) is 22.3 Å². The van der Waals surface area contributed by atoms with Crippen molar-refractivity contribution < 1.29 is 61.9 Å². The maximum atomic E-state index is 13.4. The summed E-state index contributed by atoms with van der Waals surface area (Å²) in [7, 11) is -8.02. The molecule has 43 heavy (non-hydrogen) atoms. The third-order valence-electron chi connectivity index (χ3n) is 5.03. The van der Waals surface area contributed by atoms with Crippen LogP contribution < -0.4 is 9.47 Å². The summed E-state index contributed by atoms with van der Waals surface area (Å²) >= 11 is 0. The molecule has 0 amide bonds. The molecule has 0 aliphatic rings. The van der Waals surface area contributed by atoms with E-state index in [0.717, 1.165) is 24.3 Å². The fraction of sp³-hybridized carbons (Fsp3) is 0.440. The molecule has 2 aromatic carbocycles. The molecule has 0 fully saturated rings. The number of benzene rings is 2. The lowest BCUT2D eigenvalue weighted by atomic mass is 10.1. The van der Waals surface area contributed by atoms with Crippen LogP contribution in [0.1, 0.15) is 44.2 Å². The van der Waals surface area contributed by atoms with Crippen LogP contribution in [0.4, 0.5) is 26.3 Å². The van der Waals surface area contributed by atoms with Gasteiger partial charge in [-0.15, -0.1) is 0 Å². The van der Waals surface area contributed by atoms with Gasteiger partial charge in [0, 0.05) is 17.5 Å². The summed E-state index contributed by atoms with van der Waals surface area (Å²) in [5.41, 5.74) is -3.84. The maximum absolute atomic E-state index is 13.4. The van der Waals surface area contributed by atoms with Crippen molar-refractivity contribution in [3.63, 3.8) is 0 Å². The Morgan fingerprint density at radius 1 is 0.698 bits per heavy atom. The Labute approximate surface area is 245 Å². The number of rotatable bonds is 16. The Kier molecular flexibility index (Phi) is 13.0. The van der Waals surface area contributed by atoms with E-state index >= 15 is 0 Å². The molecule has 0 aromatic heterocycles. The summed E-state index contributed by atoms with van der Waals surface area (Å²) < 4.78 is 142. The van der Waals surface area contributed by atoms with Crippen molar-refractivity contribution in [1.82, 2.24) is 0 Å². The largest absolute Gasteiger partial charge is 0.493 e. The molecule has 2 N–H and O–H groups in total. The van der Waals surface area contributed by atoms with Crippen LogP contribution in [-0.2, 0) is 18.7 Å². The van der Waals surface area contributed by atoms with Crippen molar-refractivity contribution in [3.05, 3.63) is 59.7 Å². The lowest BCUT2D eigenvalue weighted by Gasteiger charge is -2.23. The van der Waals surface area contributed by atoms with Crippen molar-refractivity contribution in [1.29, 1.82) is 0 Å². The van der Waals surface area contributed by atoms with Gasteiger partial charge < -0.3 is 9.47 Å². The molecule has 0 aliphatic heterocycles. The summed E-state index contributed by atoms with van der Waals surface area (Å²) in [5, 5.41) is 5.74. The molecule has 0 spiro atoms. The number of nitrogens with zero attached hydrogens (tertiary/aromatic N) is 2. The van der Waals surface area contributed by atoms with E-state index in [1.807, 2.05) is 0 Å². The average Bonchev–Trinajstić information content (AvgIpc) is 2.88.